The number of pyridine rings is 1. The molecule has 0 saturated heterocycles. The Morgan fingerprint density at radius 3 is 2.53 bits per heavy atom. The third-order valence-electron chi connectivity index (χ3n) is 5.08. The maximum atomic E-state index is 12.9. The zero-order valence-corrected chi connectivity index (χ0v) is 19.9. The first-order chi connectivity index (χ1) is 16.1. The van der Waals surface area contributed by atoms with E-state index in [-0.39, 0.29) is 17.5 Å². The van der Waals surface area contributed by atoms with Crippen LogP contribution in [-0.2, 0) is 11.8 Å². The predicted molar refractivity (Wildman–Crippen MR) is 127 cm³/mol. The van der Waals surface area contributed by atoms with Crippen LogP contribution in [0.25, 0.3) is 11.4 Å². The number of methoxy groups -OCH3 is 1. The van der Waals surface area contributed by atoms with Gasteiger partial charge >= 0.3 is 6.09 Å². The fraction of sp³-hybridized carbons (Fsp3) is 0.375. The fourth-order valence-corrected chi connectivity index (χ4v) is 3.44. The molecule has 178 valence electrons. The Morgan fingerprint density at radius 1 is 1.15 bits per heavy atom. The van der Waals surface area contributed by atoms with E-state index in [4.69, 9.17) is 9.47 Å². The molecule has 2 heterocycles. The second-order valence-electron chi connectivity index (χ2n) is 9.13. The Balaban J connectivity index is 1.69. The summed E-state index contributed by atoms with van der Waals surface area (Å²) in [6.07, 6.45) is 4.18. The molecule has 1 amide bonds. The lowest BCUT2D eigenvalue weighted by Gasteiger charge is -2.20. The summed E-state index contributed by atoms with van der Waals surface area (Å²) in [6.45, 7) is 5.33. The number of para-hydroxylation sites is 1. The number of carbonyl (C=O) groups excluding carboxylic acids is 2. The lowest BCUT2D eigenvalue weighted by Crippen LogP contribution is -2.27. The smallest absolute Gasteiger partial charge is 0.413 e. The molecule has 0 bridgehead atoms. The highest BCUT2D eigenvalue weighted by Gasteiger charge is 2.32. The molecule has 1 aliphatic rings. The van der Waals surface area contributed by atoms with Gasteiger partial charge in [-0.25, -0.2) is 14.8 Å². The molecule has 0 unspecified atom stereocenters. The van der Waals surface area contributed by atoms with Gasteiger partial charge in [0.25, 0.3) is 0 Å². The minimum absolute atomic E-state index is 0.00189. The molecule has 1 saturated carbocycles. The highest BCUT2D eigenvalue weighted by atomic mass is 16.6. The van der Waals surface area contributed by atoms with Gasteiger partial charge in [0.1, 0.15) is 17.7 Å². The minimum Gasteiger partial charge on any atom is -0.494 e. The molecule has 2 aromatic heterocycles. The van der Waals surface area contributed by atoms with Crippen molar-refractivity contribution in [2.45, 2.75) is 39.2 Å². The van der Waals surface area contributed by atoms with Gasteiger partial charge in [0, 0.05) is 25.2 Å². The summed E-state index contributed by atoms with van der Waals surface area (Å²) in [5, 5.41) is 10.3. The summed E-state index contributed by atoms with van der Waals surface area (Å²) in [6, 6.07) is 7.15. The summed E-state index contributed by atoms with van der Waals surface area (Å²) in [7, 11) is 3.35. The van der Waals surface area contributed by atoms with Crippen LogP contribution in [0.4, 0.5) is 22.0 Å². The van der Waals surface area contributed by atoms with E-state index >= 15 is 0 Å². The van der Waals surface area contributed by atoms with Gasteiger partial charge in [-0.05, 0) is 45.7 Å². The van der Waals surface area contributed by atoms with Crippen LogP contribution in [0.3, 0.4) is 0 Å². The Labute approximate surface area is 197 Å². The number of amides is 1. The first kappa shape index (κ1) is 23.2. The molecule has 0 radical (unpaired) electrons. The van der Waals surface area contributed by atoms with Gasteiger partial charge in [0.05, 0.1) is 29.6 Å². The van der Waals surface area contributed by atoms with Gasteiger partial charge in [0.15, 0.2) is 17.4 Å². The quantitative estimate of drug-likeness (QED) is 0.488. The van der Waals surface area contributed by atoms with Crippen molar-refractivity contribution in [1.29, 1.82) is 0 Å². The summed E-state index contributed by atoms with van der Waals surface area (Å²) >= 11 is 0. The van der Waals surface area contributed by atoms with E-state index in [0.717, 1.165) is 12.8 Å². The lowest BCUT2D eigenvalue weighted by molar-refractivity contribution is 0.0635. The molecule has 1 fully saturated rings. The van der Waals surface area contributed by atoms with Crippen molar-refractivity contribution in [2.24, 2.45) is 13.0 Å². The van der Waals surface area contributed by atoms with Crippen LogP contribution in [-0.4, -0.2) is 44.3 Å². The number of aromatic nitrogens is 4. The van der Waals surface area contributed by atoms with Crippen LogP contribution in [0.2, 0.25) is 0 Å². The van der Waals surface area contributed by atoms with E-state index in [1.807, 2.05) is 18.2 Å². The average Bonchev–Trinajstić information content (AvgIpc) is 3.52. The van der Waals surface area contributed by atoms with E-state index in [0.29, 0.717) is 34.1 Å². The Kier molecular flexibility index (Phi) is 6.23. The third kappa shape index (κ3) is 5.33. The van der Waals surface area contributed by atoms with Crippen LogP contribution in [0.15, 0.2) is 36.8 Å². The summed E-state index contributed by atoms with van der Waals surface area (Å²) in [5.74, 6) is 1.31. The molecule has 0 atom stereocenters. The highest BCUT2D eigenvalue weighted by molar-refractivity contribution is 6.05. The van der Waals surface area contributed by atoms with Crippen molar-refractivity contribution in [1.82, 2.24) is 19.7 Å². The molecule has 1 aromatic carbocycles. The van der Waals surface area contributed by atoms with E-state index in [1.165, 1.54) is 6.20 Å². The van der Waals surface area contributed by atoms with Crippen LogP contribution >= 0.6 is 0 Å². The molecule has 4 rings (SSSR count). The Morgan fingerprint density at radius 2 is 1.91 bits per heavy atom. The molecule has 10 heteroatoms. The maximum Gasteiger partial charge on any atom is 0.413 e. The van der Waals surface area contributed by atoms with Crippen molar-refractivity contribution in [2.75, 3.05) is 17.7 Å². The number of nitrogens with zero attached hydrogens (tertiary/aromatic N) is 4. The van der Waals surface area contributed by atoms with Crippen LogP contribution in [0.5, 0.6) is 5.75 Å². The lowest BCUT2D eigenvalue weighted by atomic mass is 10.1. The van der Waals surface area contributed by atoms with Crippen molar-refractivity contribution >= 4 is 29.1 Å². The molecule has 34 heavy (non-hydrogen) atoms. The predicted octanol–water partition coefficient (Wildman–Crippen LogP) is 4.57. The number of benzene rings is 1. The van der Waals surface area contributed by atoms with E-state index in [9.17, 15) is 9.59 Å². The number of carbonyl (C=O) groups is 2. The van der Waals surface area contributed by atoms with E-state index in [2.05, 4.69) is 25.7 Å². The largest absolute Gasteiger partial charge is 0.494 e. The number of ether oxygens (including phenoxy) is 2. The first-order valence-corrected chi connectivity index (χ1v) is 11.0. The zero-order valence-electron chi connectivity index (χ0n) is 19.9. The topological polar surface area (TPSA) is 120 Å². The molecular weight excluding hydrogens is 436 g/mol. The molecule has 3 aromatic rings. The number of anilines is 3. The number of ketones is 1. The third-order valence-corrected chi connectivity index (χ3v) is 5.08. The molecule has 0 aliphatic heterocycles. The normalized spacial score (nSPS) is 13.3. The molecule has 10 nitrogen and oxygen atoms in total. The Hall–Kier alpha value is -3.95. The Bertz CT molecular complexity index is 1230. The number of hydrogen-bond acceptors (Lipinski definition) is 8. The summed E-state index contributed by atoms with van der Waals surface area (Å²) in [5.41, 5.74) is 1.61. The molecule has 2 N–H and O–H groups in total. The average molecular weight is 465 g/mol. The maximum absolute atomic E-state index is 12.9. The number of hydrogen-bond donors (Lipinski definition) is 2. The second-order valence-corrected chi connectivity index (χ2v) is 9.13. The van der Waals surface area contributed by atoms with Gasteiger partial charge < -0.3 is 14.8 Å². The SMILES string of the molecule is COc1c(Nc2cc(NC(=O)OC(C)(C)C)ncc2C(=O)C2CC2)cccc1-c1ncn(C)n1. The molecule has 1 aliphatic carbocycles. The second kappa shape index (κ2) is 9.12. The van der Waals surface area contributed by atoms with Gasteiger partial charge in [-0.15, -0.1) is 0 Å². The zero-order chi connectivity index (χ0) is 24.5. The number of rotatable bonds is 7. The number of nitrogens with one attached hydrogen (secondary N) is 2. The van der Waals surface area contributed by atoms with Gasteiger partial charge in [0.2, 0.25) is 0 Å². The summed E-state index contributed by atoms with van der Waals surface area (Å²) in [4.78, 5) is 33.8. The van der Waals surface area contributed by atoms with Crippen molar-refractivity contribution in [3.05, 3.63) is 42.4 Å². The van der Waals surface area contributed by atoms with Crippen molar-refractivity contribution in [3.8, 4) is 17.1 Å². The molecular formula is C24H28N6O4. The van der Waals surface area contributed by atoms with E-state index in [1.54, 1.807) is 52.0 Å². The first-order valence-electron chi connectivity index (χ1n) is 11.0. The number of Topliss-reactive ketones (excluding diaryl/α,β-unsaturated/α-hetero) is 1. The number of aryl methyl sites for hydroxylation is 1. The standard InChI is InChI=1S/C24H28N6O4/c1-24(2,3)34-23(32)28-19-11-18(16(12-25-19)20(31)14-9-10-14)27-17-8-6-7-15(21(17)33-5)22-26-13-30(4)29-22/h6-8,11-14H,9-10H2,1-5H3,(H2,25,27,28,32). The van der Waals surface area contributed by atoms with Crippen LogP contribution < -0.4 is 15.4 Å². The van der Waals surface area contributed by atoms with Gasteiger partial charge in [-0.2, -0.15) is 5.10 Å². The molecule has 0 spiro atoms. The highest BCUT2D eigenvalue weighted by Crippen LogP contribution is 2.39. The summed E-state index contributed by atoms with van der Waals surface area (Å²) < 4.78 is 12.6. The van der Waals surface area contributed by atoms with Gasteiger partial charge in [-0.1, -0.05) is 6.07 Å². The van der Waals surface area contributed by atoms with Gasteiger partial charge in [-0.3, -0.25) is 14.8 Å². The van der Waals surface area contributed by atoms with Crippen LogP contribution in [0, 0.1) is 5.92 Å². The minimum atomic E-state index is -0.652. The fourth-order valence-electron chi connectivity index (χ4n) is 3.44. The van der Waals surface area contributed by atoms with Crippen molar-refractivity contribution in [3.63, 3.8) is 0 Å². The monoisotopic (exact) mass is 464 g/mol. The van der Waals surface area contributed by atoms with Crippen molar-refractivity contribution < 1.29 is 19.1 Å². The van der Waals surface area contributed by atoms with E-state index < -0.39 is 11.7 Å². The van der Waals surface area contributed by atoms with Crippen LogP contribution in [0.1, 0.15) is 44.0 Å².